The average Bonchev–Trinajstić information content (AvgIpc) is 1.48. The summed E-state index contributed by atoms with van der Waals surface area (Å²) < 4.78 is 150. The molecule has 0 aliphatic rings. The number of amides is 5. The lowest BCUT2D eigenvalue weighted by Crippen LogP contribution is -2.32. The molecule has 0 spiro atoms. The van der Waals surface area contributed by atoms with Gasteiger partial charge in [0.25, 0.3) is 29.5 Å². The van der Waals surface area contributed by atoms with E-state index in [2.05, 4.69) is 336 Å². The van der Waals surface area contributed by atoms with Gasteiger partial charge in [-0.1, -0.05) is 85.5 Å². The highest BCUT2D eigenvalue weighted by atomic mass is 80.0. The summed E-state index contributed by atoms with van der Waals surface area (Å²) >= 11 is 59.0. The number of aromatic amines is 1. The van der Waals surface area contributed by atoms with Gasteiger partial charge >= 0.3 is 0 Å². The zero-order valence-corrected chi connectivity index (χ0v) is 100. The Balaban J connectivity index is 0.000000394. The molecule has 8 rings (SSSR count). The smallest absolute Gasteiger partial charge is 0.255 e. The molecule has 5 amide bonds. The molecule has 696 valence electrons. The number of nitrogens with zero attached hydrogens (tertiary/aromatic N) is 3. The highest BCUT2D eigenvalue weighted by molar-refractivity contribution is 9.44. The molecule has 0 aliphatic heterocycles. The lowest BCUT2D eigenvalue weighted by molar-refractivity contribution is 0.0918. The number of aromatic nitrogens is 4. The molecule has 8 aromatic rings. The monoisotopic (exact) mass is 3030 g/mol. The molecule has 7 aromatic carbocycles. The maximum Gasteiger partial charge on any atom is 0.255 e. The number of hydrogen-bond donors (Lipinski definition) is 6. The number of aryl methyl sites for hydroxylation is 1. The van der Waals surface area contributed by atoms with E-state index in [4.69, 9.17) is 21.7 Å². The van der Waals surface area contributed by atoms with Crippen LogP contribution in [0.2, 0.25) is 0 Å². The molecular weight excluding hydrogens is 2970 g/mol. The van der Waals surface area contributed by atoms with Crippen molar-refractivity contribution in [3.8, 4) is 5.69 Å². The molecule has 28 nitrogen and oxygen atoms in total. The maximum absolute atomic E-state index is 12.6. The molecule has 0 radical (unpaired) electrons. The van der Waals surface area contributed by atoms with Gasteiger partial charge in [0.15, 0.2) is 0 Å². The van der Waals surface area contributed by atoms with Gasteiger partial charge < -0.3 is 36.1 Å². The summed E-state index contributed by atoms with van der Waals surface area (Å²) in [5.41, 5.74) is 3.40. The number of carbonyl (C=O) groups excluding carboxylic acids is 5. The molecule has 0 fully saturated rings. The van der Waals surface area contributed by atoms with Crippen LogP contribution in [0.1, 0.15) is 124 Å². The van der Waals surface area contributed by atoms with E-state index in [0.29, 0.717) is 75.0 Å². The molecule has 126 heavy (non-hydrogen) atoms. The maximum atomic E-state index is 12.6. The van der Waals surface area contributed by atoms with E-state index in [1.807, 2.05) is 40.7 Å². The van der Waals surface area contributed by atoms with E-state index >= 15 is 0 Å². The van der Waals surface area contributed by atoms with Gasteiger partial charge in [0.05, 0.1) is 41.7 Å². The molecule has 0 saturated heterocycles. The first-order chi connectivity index (χ1) is 58.0. The van der Waals surface area contributed by atoms with Crippen LogP contribution in [-0.2, 0) is 68.5 Å². The van der Waals surface area contributed by atoms with Crippen LogP contribution in [0.5, 0.6) is 0 Å². The largest absolute Gasteiger partial charge is 0.382 e. The third-order valence-electron chi connectivity index (χ3n) is 15.7. The molecular formula is C73H77Br18N9O19S7. The minimum atomic E-state index is -3.81. The Bertz CT molecular complexity index is 5730. The topological polar surface area (TPSA) is 415 Å². The van der Waals surface area contributed by atoms with Crippen molar-refractivity contribution in [3.05, 3.63) is 208 Å². The number of tetrazole rings is 1. The van der Waals surface area contributed by atoms with Crippen LogP contribution in [0.15, 0.2) is 199 Å². The minimum Gasteiger partial charge on any atom is -0.382 e. The number of H-pyrrole nitrogens is 1. The standard InChI is InChI=1S/C15H10Br3N5O3S2.C13H16Br3NO4S.C13H16Br3NO3S.C12H14Br3NO4S.C12H14Br3NO3S.C8H7Br3O2S/c16-15(17,18)28(25,26)12-6-1-3-9(7-12)13(24)19-10-4-2-5-11(8-10)23-14(27)20-21-22-23;1-2-21-8-4-7-17-12(18)10-5-3-6-11(9-10)22(19,20)13(14,15)16;1-2-3-4-8-17-12(18)10-6-5-7-11(9-10)21(19,20)13(14,15)16;1-2-20-7-6-16-11(17)9-4-3-5-10(8-9)21(18,19)12(13,14)15;1-3-8(2)16-11(17)9-5-4-6-10(7-9)20(18,19)12(13,14)15;1-6-3-2-4-7(5-6)14(12,13)8(9,10)11/h1-8H,(H,19,24)(H,20,22,27);3,5-6,9H,2,4,7-8H2,1H3,(H,17,18);5-7,9H,2-4,8H2,1H3,(H,17,18);3-5,8H,2,6-7H2,1H3,(H,16,17);4-8H,3H2,1-2H3,(H,16,17);2-5H,1H3. The third-order valence-corrected chi connectivity index (χ3v) is 47.9. The van der Waals surface area contributed by atoms with Gasteiger partial charge in [-0.05, 0) is 473 Å². The number of rotatable bonds is 28. The van der Waals surface area contributed by atoms with Gasteiger partial charge in [0.2, 0.25) is 72.6 Å². The fourth-order valence-corrected chi connectivity index (χ4v) is 24.3. The Morgan fingerprint density at radius 1 is 0.397 bits per heavy atom. The van der Waals surface area contributed by atoms with Crippen LogP contribution in [0.4, 0.5) is 5.69 Å². The van der Waals surface area contributed by atoms with Crippen LogP contribution in [0.3, 0.4) is 0 Å². The Morgan fingerprint density at radius 2 is 0.706 bits per heavy atom. The van der Waals surface area contributed by atoms with Gasteiger partial charge in [0, 0.05) is 79.0 Å². The SMILES string of the molecule is CCC(C)NC(=O)c1cccc(S(=O)(=O)C(Br)(Br)Br)c1.CCCCCNC(=O)c1cccc(S(=O)(=O)C(Br)(Br)Br)c1.CCOCCCNC(=O)c1cccc(S(=O)(=O)C(Br)(Br)Br)c1.CCOCCNC(=O)c1cccc(S(=O)(=O)C(Br)(Br)Br)c1.Cc1cccc(S(=O)(=O)C(Br)(Br)Br)c1.O=C(Nc1cccc(-n2[nH]nnc2=S)c1)c1cccc(S(=O)(=O)C(Br)(Br)Br)c1. The highest BCUT2D eigenvalue weighted by Crippen LogP contribution is 2.48. The second-order valence-electron chi connectivity index (χ2n) is 25.1. The van der Waals surface area contributed by atoms with E-state index in [9.17, 15) is 74.5 Å². The van der Waals surface area contributed by atoms with Crippen LogP contribution < -0.4 is 26.6 Å². The Kier molecular flexibility index (Phi) is 51.2. The van der Waals surface area contributed by atoms with Crippen molar-refractivity contribution in [2.24, 2.45) is 0 Å². The minimum absolute atomic E-state index is 0.0191. The summed E-state index contributed by atoms with van der Waals surface area (Å²) in [6.07, 6.45) is 4.54. The number of sulfone groups is 6. The zero-order valence-electron chi connectivity index (χ0n) is 66.0. The molecule has 0 saturated carbocycles. The number of carbonyl (C=O) groups is 5. The van der Waals surface area contributed by atoms with Crippen molar-refractivity contribution in [2.45, 2.75) is 118 Å². The van der Waals surface area contributed by atoms with Gasteiger partial charge in [-0.2, -0.15) is 5.21 Å². The number of benzene rings is 7. The number of unbranched alkanes of at least 4 members (excludes halogenated alkanes) is 2. The van der Waals surface area contributed by atoms with Crippen molar-refractivity contribution in [1.29, 1.82) is 0 Å². The normalized spacial score (nSPS) is 12.5. The summed E-state index contributed by atoms with van der Waals surface area (Å²) in [6.45, 7) is 15.2. The van der Waals surface area contributed by atoms with Crippen LogP contribution in [0.25, 0.3) is 5.69 Å². The van der Waals surface area contributed by atoms with Crippen molar-refractivity contribution >= 4 is 393 Å². The molecule has 53 heteroatoms. The first-order valence-corrected chi connectivity index (χ1v) is 59.3. The molecule has 0 aliphatic carbocycles. The van der Waals surface area contributed by atoms with Crippen molar-refractivity contribution < 1.29 is 84.0 Å². The fourth-order valence-electron chi connectivity index (χ4n) is 9.09. The summed E-state index contributed by atoms with van der Waals surface area (Å²) in [6, 6.07) is 42.9. The second-order valence-corrected chi connectivity index (χ2v) is 88.0. The van der Waals surface area contributed by atoms with E-state index in [1.54, 1.807) is 72.8 Å². The van der Waals surface area contributed by atoms with Gasteiger partial charge in [-0.15, -0.1) is 0 Å². The summed E-state index contributed by atoms with van der Waals surface area (Å²) in [7, 11) is -22.1. The molecule has 1 heterocycles. The fraction of sp³-hybridized carbons (Fsp3) is 0.342. The van der Waals surface area contributed by atoms with Crippen LogP contribution >= 0.6 is 299 Å². The molecule has 6 N–H and O–H groups in total. The lowest BCUT2D eigenvalue weighted by Gasteiger charge is -2.15. The molecule has 0 bridgehead atoms. The Hall–Kier alpha value is -0.560. The highest BCUT2D eigenvalue weighted by Gasteiger charge is 2.42. The molecule has 1 atom stereocenters. The summed E-state index contributed by atoms with van der Waals surface area (Å²) in [5.74, 6) is -1.70. The van der Waals surface area contributed by atoms with Gasteiger partial charge in [0.1, 0.15) is 0 Å². The van der Waals surface area contributed by atoms with Crippen LogP contribution in [-0.4, -0.2) is 161 Å². The first kappa shape index (κ1) is 120. The lowest BCUT2D eigenvalue weighted by atomic mass is 10.2. The number of nitrogens with one attached hydrogen (secondary N) is 6. The molecule has 1 aromatic heterocycles. The van der Waals surface area contributed by atoms with E-state index in [-0.39, 0.29) is 80.5 Å². The van der Waals surface area contributed by atoms with E-state index in [1.165, 1.54) is 95.7 Å². The predicted molar refractivity (Wildman–Crippen MR) is 559 cm³/mol. The number of halogens is 18. The van der Waals surface area contributed by atoms with Crippen molar-refractivity contribution in [1.82, 2.24) is 41.5 Å². The van der Waals surface area contributed by atoms with Gasteiger partial charge in [-0.3, -0.25) is 24.0 Å². The number of anilines is 1. The number of hydrogen-bond acceptors (Lipinski definition) is 22. The van der Waals surface area contributed by atoms with Crippen molar-refractivity contribution in [2.75, 3.05) is 51.4 Å². The Morgan fingerprint density at radius 3 is 1.02 bits per heavy atom. The predicted octanol–water partition coefficient (Wildman–Crippen LogP) is 22.1. The number of alkyl halides is 18. The number of ether oxygens (including phenoxy) is 2. The van der Waals surface area contributed by atoms with Crippen molar-refractivity contribution in [3.63, 3.8) is 0 Å². The van der Waals surface area contributed by atoms with Gasteiger partial charge in [-0.25, -0.2) is 55.2 Å². The Labute approximate surface area is 888 Å². The zero-order chi connectivity index (χ0) is 96.1. The quantitative estimate of drug-likeness (QED) is 0.0151. The summed E-state index contributed by atoms with van der Waals surface area (Å²) in [5, 5.41) is 23.6. The molecule has 1 unspecified atom stereocenters. The first-order valence-electron chi connectivity index (χ1n) is 35.7. The second kappa shape index (κ2) is 54.0. The van der Waals surface area contributed by atoms with Crippen LogP contribution in [0, 0.1) is 11.7 Å². The van der Waals surface area contributed by atoms with E-state index < -0.39 is 73.8 Å². The summed E-state index contributed by atoms with van der Waals surface area (Å²) in [4.78, 5) is 60.9. The van der Waals surface area contributed by atoms with E-state index in [0.717, 1.165) is 31.2 Å². The average molecular weight is 3050 g/mol. The third kappa shape index (κ3) is 37.4.